The SMILES string of the molecule is CCCCCCCCCCCNC(=O)OCCCCCC. The number of nitrogens with one attached hydrogen (secondary N) is 1. The van der Waals surface area contributed by atoms with Crippen molar-refractivity contribution in [3.8, 4) is 0 Å². The maximum Gasteiger partial charge on any atom is 0.407 e. The van der Waals surface area contributed by atoms with Gasteiger partial charge < -0.3 is 10.1 Å². The summed E-state index contributed by atoms with van der Waals surface area (Å²) in [5, 5.41) is 2.83. The van der Waals surface area contributed by atoms with Crippen LogP contribution in [0.25, 0.3) is 0 Å². The molecule has 3 nitrogen and oxygen atoms in total. The number of unbranched alkanes of at least 4 members (excludes halogenated alkanes) is 11. The normalized spacial score (nSPS) is 10.6. The van der Waals surface area contributed by atoms with E-state index in [0.717, 1.165) is 25.8 Å². The molecule has 0 aliphatic rings. The minimum atomic E-state index is -0.244. The Morgan fingerprint density at radius 1 is 0.714 bits per heavy atom. The fraction of sp³-hybridized carbons (Fsp3) is 0.944. The van der Waals surface area contributed by atoms with E-state index in [4.69, 9.17) is 4.74 Å². The Labute approximate surface area is 132 Å². The van der Waals surface area contributed by atoms with Gasteiger partial charge in [-0.15, -0.1) is 0 Å². The Balaban J connectivity index is 3.11. The summed E-state index contributed by atoms with van der Waals surface area (Å²) >= 11 is 0. The summed E-state index contributed by atoms with van der Waals surface area (Å²) < 4.78 is 5.12. The van der Waals surface area contributed by atoms with Gasteiger partial charge in [0.15, 0.2) is 0 Å². The van der Waals surface area contributed by atoms with Gasteiger partial charge in [0.25, 0.3) is 0 Å². The van der Waals surface area contributed by atoms with Crippen molar-refractivity contribution in [2.75, 3.05) is 13.2 Å². The molecular weight excluding hydrogens is 262 g/mol. The lowest BCUT2D eigenvalue weighted by Gasteiger charge is -2.07. The number of alkyl carbamates (subject to hydrolysis) is 1. The molecule has 126 valence electrons. The lowest BCUT2D eigenvalue weighted by Crippen LogP contribution is -2.25. The summed E-state index contributed by atoms with van der Waals surface area (Å²) in [6.07, 6.45) is 16.1. The zero-order chi connectivity index (χ0) is 15.6. The Morgan fingerprint density at radius 3 is 1.76 bits per heavy atom. The molecule has 0 aromatic rings. The number of amides is 1. The highest BCUT2D eigenvalue weighted by Gasteiger charge is 2.00. The highest BCUT2D eigenvalue weighted by Crippen LogP contribution is 2.09. The zero-order valence-electron chi connectivity index (χ0n) is 14.4. The molecule has 0 unspecified atom stereocenters. The third-order valence-electron chi connectivity index (χ3n) is 3.78. The first-order valence-electron chi connectivity index (χ1n) is 9.21. The standard InChI is InChI=1S/C18H37NO2/c1-3-5-7-9-10-11-12-13-14-16-19-18(20)21-17-15-8-6-4-2/h3-17H2,1-2H3,(H,19,20). The van der Waals surface area contributed by atoms with E-state index in [2.05, 4.69) is 19.2 Å². The van der Waals surface area contributed by atoms with Crippen LogP contribution in [0.3, 0.4) is 0 Å². The number of hydrogen-bond acceptors (Lipinski definition) is 2. The minimum absolute atomic E-state index is 0.244. The predicted molar refractivity (Wildman–Crippen MR) is 90.7 cm³/mol. The number of carbonyl (C=O) groups excluding carboxylic acids is 1. The number of ether oxygens (including phenoxy) is 1. The smallest absolute Gasteiger partial charge is 0.407 e. The first kappa shape index (κ1) is 20.3. The average Bonchev–Trinajstić information content (AvgIpc) is 2.49. The summed E-state index contributed by atoms with van der Waals surface area (Å²) in [6, 6.07) is 0. The number of carbonyl (C=O) groups is 1. The number of rotatable bonds is 15. The van der Waals surface area contributed by atoms with Gasteiger partial charge >= 0.3 is 6.09 Å². The van der Waals surface area contributed by atoms with Gasteiger partial charge in [0.05, 0.1) is 6.61 Å². The maximum absolute atomic E-state index is 11.4. The molecule has 0 fully saturated rings. The van der Waals surface area contributed by atoms with Crippen molar-refractivity contribution in [3.63, 3.8) is 0 Å². The van der Waals surface area contributed by atoms with E-state index in [0.29, 0.717) is 6.61 Å². The lowest BCUT2D eigenvalue weighted by atomic mass is 10.1. The molecule has 0 radical (unpaired) electrons. The fourth-order valence-corrected chi connectivity index (χ4v) is 2.37. The van der Waals surface area contributed by atoms with Gasteiger partial charge in [-0.2, -0.15) is 0 Å². The van der Waals surface area contributed by atoms with E-state index in [9.17, 15) is 4.79 Å². The predicted octanol–water partition coefficient (Wildman–Crippen LogP) is 5.82. The second kappa shape index (κ2) is 17.3. The molecule has 3 heteroatoms. The van der Waals surface area contributed by atoms with Crippen molar-refractivity contribution in [1.29, 1.82) is 0 Å². The van der Waals surface area contributed by atoms with E-state index in [1.54, 1.807) is 0 Å². The monoisotopic (exact) mass is 299 g/mol. The first-order valence-corrected chi connectivity index (χ1v) is 9.21. The molecule has 0 aliphatic carbocycles. The van der Waals surface area contributed by atoms with E-state index >= 15 is 0 Å². The van der Waals surface area contributed by atoms with Gasteiger partial charge in [-0.3, -0.25) is 0 Å². The van der Waals surface area contributed by atoms with Gasteiger partial charge in [-0.1, -0.05) is 84.5 Å². The van der Waals surface area contributed by atoms with Crippen molar-refractivity contribution < 1.29 is 9.53 Å². The lowest BCUT2D eigenvalue weighted by molar-refractivity contribution is 0.143. The minimum Gasteiger partial charge on any atom is -0.450 e. The molecule has 0 aromatic carbocycles. The van der Waals surface area contributed by atoms with Gasteiger partial charge in [0.1, 0.15) is 0 Å². The Morgan fingerprint density at radius 2 is 1.19 bits per heavy atom. The second-order valence-corrected chi connectivity index (χ2v) is 5.95. The first-order chi connectivity index (χ1) is 10.3. The third kappa shape index (κ3) is 17.2. The van der Waals surface area contributed by atoms with Crippen LogP contribution in [-0.2, 0) is 4.74 Å². The Hall–Kier alpha value is -0.730. The van der Waals surface area contributed by atoms with Gasteiger partial charge in [0.2, 0.25) is 0 Å². The molecule has 0 spiro atoms. The van der Waals surface area contributed by atoms with E-state index in [1.165, 1.54) is 64.2 Å². The van der Waals surface area contributed by atoms with Crippen LogP contribution >= 0.6 is 0 Å². The molecule has 0 bridgehead atoms. The third-order valence-corrected chi connectivity index (χ3v) is 3.78. The van der Waals surface area contributed by atoms with Crippen molar-refractivity contribution in [2.45, 2.75) is 97.3 Å². The summed E-state index contributed by atoms with van der Waals surface area (Å²) in [7, 11) is 0. The molecule has 1 N–H and O–H groups in total. The summed E-state index contributed by atoms with van der Waals surface area (Å²) in [6.45, 7) is 5.75. The van der Waals surface area contributed by atoms with Crippen LogP contribution in [0, 0.1) is 0 Å². The van der Waals surface area contributed by atoms with Crippen molar-refractivity contribution in [2.24, 2.45) is 0 Å². The quantitative estimate of drug-likeness (QED) is 0.387. The zero-order valence-corrected chi connectivity index (χ0v) is 14.4. The molecule has 0 rings (SSSR count). The summed E-state index contributed by atoms with van der Waals surface area (Å²) in [4.78, 5) is 11.4. The maximum atomic E-state index is 11.4. The summed E-state index contributed by atoms with van der Waals surface area (Å²) in [5.74, 6) is 0. The fourth-order valence-electron chi connectivity index (χ4n) is 2.37. The Bertz CT molecular complexity index is 219. The van der Waals surface area contributed by atoms with Crippen LogP contribution in [0.4, 0.5) is 4.79 Å². The molecule has 0 aliphatic heterocycles. The molecule has 21 heavy (non-hydrogen) atoms. The van der Waals surface area contributed by atoms with E-state index in [1.807, 2.05) is 0 Å². The van der Waals surface area contributed by atoms with Crippen LogP contribution in [0.15, 0.2) is 0 Å². The van der Waals surface area contributed by atoms with Gasteiger partial charge in [-0.05, 0) is 12.8 Å². The molecular formula is C18H37NO2. The topological polar surface area (TPSA) is 38.3 Å². The summed E-state index contributed by atoms with van der Waals surface area (Å²) in [5.41, 5.74) is 0. The van der Waals surface area contributed by atoms with E-state index in [-0.39, 0.29) is 6.09 Å². The highest BCUT2D eigenvalue weighted by atomic mass is 16.5. The molecule has 0 atom stereocenters. The van der Waals surface area contributed by atoms with Gasteiger partial charge in [-0.25, -0.2) is 4.79 Å². The van der Waals surface area contributed by atoms with Crippen LogP contribution < -0.4 is 5.32 Å². The largest absolute Gasteiger partial charge is 0.450 e. The Kier molecular flexibility index (Phi) is 16.7. The molecule has 1 amide bonds. The molecule has 0 heterocycles. The van der Waals surface area contributed by atoms with Crippen LogP contribution in [0.1, 0.15) is 97.3 Å². The van der Waals surface area contributed by atoms with Crippen molar-refractivity contribution in [3.05, 3.63) is 0 Å². The molecule has 0 saturated carbocycles. The van der Waals surface area contributed by atoms with Crippen LogP contribution in [0.2, 0.25) is 0 Å². The second-order valence-electron chi connectivity index (χ2n) is 5.95. The van der Waals surface area contributed by atoms with Crippen molar-refractivity contribution >= 4 is 6.09 Å². The number of hydrogen-bond donors (Lipinski definition) is 1. The highest BCUT2D eigenvalue weighted by molar-refractivity contribution is 5.66. The van der Waals surface area contributed by atoms with Crippen molar-refractivity contribution in [1.82, 2.24) is 5.32 Å². The van der Waals surface area contributed by atoms with Crippen LogP contribution in [0.5, 0.6) is 0 Å². The van der Waals surface area contributed by atoms with E-state index < -0.39 is 0 Å². The molecule has 0 aromatic heterocycles. The van der Waals surface area contributed by atoms with Gasteiger partial charge in [0, 0.05) is 6.54 Å². The molecule has 0 saturated heterocycles. The van der Waals surface area contributed by atoms with Crippen LogP contribution in [-0.4, -0.2) is 19.2 Å². The average molecular weight is 299 g/mol.